The highest BCUT2D eigenvalue weighted by molar-refractivity contribution is 7.16. The van der Waals surface area contributed by atoms with Gasteiger partial charge in [-0.1, -0.05) is 6.07 Å². The van der Waals surface area contributed by atoms with Gasteiger partial charge in [0.25, 0.3) is 0 Å². The Kier molecular flexibility index (Phi) is 5.83. The molecule has 0 aliphatic rings. The van der Waals surface area contributed by atoms with E-state index in [1.165, 1.54) is 11.3 Å². The second kappa shape index (κ2) is 7.84. The van der Waals surface area contributed by atoms with Crippen molar-refractivity contribution in [3.05, 3.63) is 39.8 Å². The first-order valence-corrected chi connectivity index (χ1v) is 8.32. The molecule has 0 radical (unpaired) electrons. The maximum absolute atomic E-state index is 12.2. The largest absolute Gasteiger partial charge is 0.493 e. The zero-order valence-electron chi connectivity index (χ0n) is 14.2. The minimum atomic E-state index is -0.109. The number of thiophene rings is 1. The standard InChI is InChI=1S/C18H20N2O3S/c1-11-12(2)24-18(14(11)10-19)20-17(21)8-6-13-5-7-15(22-3)16(9-13)23-4/h5,7,9H,6,8H2,1-4H3,(H,20,21). The lowest BCUT2D eigenvalue weighted by Gasteiger charge is -2.09. The number of amides is 1. The molecule has 0 spiro atoms. The molecule has 1 aromatic carbocycles. The second-order valence-electron chi connectivity index (χ2n) is 5.34. The highest BCUT2D eigenvalue weighted by Crippen LogP contribution is 2.32. The lowest BCUT2D eigenvalue weighted by Crippen LogP contribution is -2.12. The van der Waals surface area contributed by atoms with Crippen molar-refractivity contribution < 1.29 is 14.3 Å². The van der Waals surface area contributed by atoms with Crippen molar-refractivity contribution in [2.45, 2.75) is 26.7 Å². The minimum absolute atomic E-state index is 0.109. The van der Waals surface area contributed by atoms with Crippen LogP contribution in [0.3, 0.4) is 0 Å². The van der Waals surface area contributed by atoms with Crippen molar-refractivity contribution in [3.63, 3.8) is 0 Å². The van der Waals surface area contributed by atoms with E-state index in [0.29, 0.717) is 34.9 Å². The van der Waals surface area contributed by atoms with Gasteiger partial charge in [0.15, 0.2) is 11.5 Å². The normalized spacial score (nSPS) is 10.1. The van der Waals surface area contributed by atoms with Gasteiger partial charge < -0.3 is 14.8 Å². The van der Waals surface area contributed by atoms with Gasteiger partial charge in [-0.15, -0.1) is 11.3 Å². The highest BCUT2D eigenvalue weighted by atomic mass is 32.1. The molecule has 0 atom stereocenters. The van der Waals surface area contributed by atoms with Crippen LogP contribution in [0, 0.1) is 25.2 Å². The van der Waals surface area contributed by atoms with Crippen LogP contribution in [-0.2, 0) is 11.2 Å². The van der Waals surface area contributed by atoms with Gasteiger partial charge >= 0.3 is 0 Å². The number of rotatable bonds is 6. The van der Waals surface area contributed by atoms with Crippen LogP contribution in [0.25, 0.3) is 0 Å². The van der Waals surface area contributed by atoms with Gasteiger partial charge in [-0.05, 0) is 43.5 Å². The molecule has 0 saturated heterocycles. The second-order valence-corrected chi connectivity index (χ2v) is 6.56. The maximum Gasteiger partial charge on any atom is 0.225 e. The molecule has 0 saturated carbocycles. The van der Waals surface area contributed by atoms with Gasteiger partial charge in [-0.3, -0.25) is 4.79 Å². The van der Waals surface area contributed by atoms with Crippen LogP contribution in [0.5, 0.6) is 11.5 Å². The SMILES string of the molecule is COc1ccc(CCC(=O)Nc2sc(C)c(C)c2C#N)cc1OC. The molecule has 126 valence electrons. The Morgan fingerprint density at radius 3 is 2.58 bits per heavy atom. The summed E-state index contributed by atoms with van der Waals surface area (Å²) in [6.45, 7) is 3.84. The molecule has 5 nitrogen and oxygen atoms in total. The van der Waals surface area contributed by atoms with Crippen molar-refractivity contribution in [3.8, 4) is 17.6 Å². The Morgan fingerprint density at radius 2 is 1.96 bits per heavy atom. The fourth-order valence-electron chi connectivity index (χ4n) is 2.33. The third-order valence-corrected chi connectivity index (χ3v) is 4.96. The van der Waals surface area contributed by atoms with Gasteiger partial charge in [0.05, 0.1) is 19.8 Å². The van der Waals surface area contributed by atoms with E-state index < -0.39 is 0 Å². The molecular weight excluding hydrogens is 324 g/mol. The number of hydrogen-bond acceptors (Lipinski definition) is 5. The summed E-state index contributed by atoms with van der Waals surface area (Å²) >= 11 is 1.44. The van der Waals surface area contributed by atoms with Crippen LogP contribution < -0.4 is 14.8 Å². The lowest BCUT2D eigenvalue weighted by atomic mass is 10.1. The van der Waals surface area contributed by atoms with Gasteiger partial charge in [0.1, 0.15) is 11.1 Å². The smallest absolute Gasteiger partial charge is 0.225 e. The van der Waals surface area contributed by atoms with Crippen molar-refractivity contribution in [2.75, 3.05) is 19.5 Å². The van der Waals surface area contributed by atoms with E-state index >= 15 is 0 Å². The third-order valence-electron chi connectivity index (χ3n) is 3.84. The first kappa shape index (κ1) is 17.8. The first-order chi connectivity index (χ1) is 11.5. The average molecular weight is 344 g/mol. The number of carbonyl (C=O) groups is 1. The van der Waals surface area contributed by atoms with E-state index in [9.17, 15) is 10.1 Å². The molecule has 2 rings (SSSR count). The number of carbonyl (C=O) groups excluding carboxylic acids is 1. The van der Waals surface area contributed by atoms with Crippen molar-refractivity contribution in [1.82, 2.24) is 0 Å². The van der Waals surface area contributed by atoms with E-state index in [0.717, 1.165) is 16.0 Å². The highest BCUT2D eigenvalue weighted by Gasteiger charge is 2.14. The molecule has 24 heavy (non-hydrogen) atoms. The molecule has 1 aromatic heterocycles. The maximum atomic E-state index is 12.2. The first-order valence-electron chi connectivity index (χ1n) is 7.51. The molecule has 0 aliphatic carbocycles. The van der Waals surface area contributed by atoms with Gasteiger partial charge in [-0.25, -0.2) is 0 Å². The topological polar surface area (TPSA) is 71.3 Å². The minimum Gasteiger partial charge on any atom is -0.493 e. The molecule has 0 fully saturated rings. The van der Waals surface area contributed by atoms with Gasteiger partial charge in [-0.2, -0.15) is 5.26 Å². The fraction of sp³-hybridized carbons (Fsp3) is 0.333. The summed E-state index contributed by atoms with van der Waals surface area (Å²) in [4.78, 5) is 13.2. The predicted molar refractivity (Wildman–Crippen MR) is 95.0 cm³/mol. The van der Waals surface area contributed by atoms with Crippen LogP contribution in [0.2, 0.25) is 0 Å². The number of anilines is 1. The number of ether oxygens (including phenoxy) is 2. The zero-order chi connectivity index (χ0) is 17.7. The van der Waals surface area contributed by atoms with Crippen molar-refractivity contribution in [1.29, 1.82) is 5.26 Å². The molecule has 0 aliphatic heterocycles. The van der Waals surface area contributed by atoms with Crippen LogP contribution in [-0.4, -0.2) is 20.1 Å². The Labute approximate surface area is 145 Å². The van der Waals surface area contributed by atoms with Gasteiger partial charge in [0, 0.05) is 11.3 Å². The zero-order valence-corrected chi connectivity index (χ0v) is 15.0. The number of nitrogens with one attached hydrogen (secondary N) is 1. The summed E-state index contributed by atoms with van der Waals surface area (Å²) in [5, 5.41) is 12.7. The summed E-state index contributed by atoms with van der Waals surface area (Å²) in [6.07, 6.45) is 0.910. The van der Waals surface area contributed by atoms with Gasteiger partial charge in [0.2, 0.25) is 5.91 Å². The summed E-state index contributed by atoms with van der Waals surface area (Å²) in [6, 6.07) is 7.76. The summed E-state index contributed by atoms with van der Waals surface area (Å²) in [5.74, 6) is 1.20. The number of nitrogens with zero attached hydrogens (tertiary/aromatic N) is 1. The van der Waals surface area contributed by atoms with Crippen LogP contribution in [0.1, 0.15) is 28.0 Å². The molecule has 1 amide bonds. The summed E-state index contributed by atoms with van der Waals surface area (Å²) in [5.41, 5.74) is 2.47. The third kappa shape index (κ3) is 3.87. The van der Waals surface area contributed by atoms with E-state index in [-0.39, 0.29) is 5.91 Å². The number of hydrogen-bond donors (Lipinski definition) is 1. The van der Waals surface area contributed by atoms with Crippen LogP contribution in [0.4, 0.5) is 5.00 Å². The number of benzene rings is 1. The number of nitriles is 1. The van der Waals surface area contributed by atoms with E-state index in [4.69, 9.17) is 9.47 Å². The Morgan fingerprint density at radius 1 is 1.25 bits per heavy atom. The molecular formula is C18H20N2O3S. The average Bonchev–Trinajstić information content (AvgIpc) is 2.85. The summed E-state index contributed by atoms with van der Waals surface area (Å²) < 4.78 is 10.5. The van der Waals surface area contributed by atoms with E-state index in [1.54, 1.807) is 14.2 Å². The predicted octanol–water partition coefficient (Wildman–Crippen LogP) is 3.83. The monoisotopic (exact) mass is 344 g/mol. The van der Waals surface area contributed by atoms with Crippen molar-refractivity contribution in [2.24, 2.45) is 0 Å². The summed E-state index contributed by atoms with van der Waals surface area (Å²) in [7, 11) is 3.17. The Balaban J connectivity index is 2.02. The fourth-order valence-corrected chi connectivity index (χ4v) is 3.36. The van der Waals surface area contributed by atoms with Crippen LogP contribution in [0.15, 0.2) is 18.2 Å². The van der Waals surface area contributed by atoms with E-state index in [1.807, 2.05) is 32.0 Å². The van der Waals surface area contributed by atoms with E-state index in [2.05, 4.69) is 11.4 Å². The number of methoxy groups -OCH3 is 2. The molecule has 1 heterocycles. The molecule has 2 aromatic rings. The Hall–Kier alpha value is -2.52. The van der Waals surface area contributed by atoms with Crippen molar-refractivity contribution >= 4 is 22.2 Å². The Bertz CT molecular complexity index is 790. The molecule has 0 bridgehead atoms. The van der Waals surface area contributed by atoms with Crippen LogP contribution >= 0.6 is 11.3 Å². The molecule has 1 N–H and O–H groups in total. The molecule has 6 heteroatoms. The quantitative estimate of drug-likeness (QED) is 0.864. The number of aryl methyl sites for hydroxylation is 2. The lowest BCUT2D eigenvalue weighted by molar-refractivity contribution is -0.116. The molecule has 0 unspecified atom stereocenters.